The number of rotatable bonds is 4. The van der Waals surface area contributed by atoms with Gasteiger partial charge in [0.2, 0.25) is 0 Å². The number of nitrogens with zero attached hydrogens (tertiary/aromatic N) is 2. The SMILES string of the molecule is C=C1CCC2[C@](C)(CO)[C@H](O)CC[C@@]2(C)[C@@H]1CCn1ccnc1. The summed E-state index contributed by atoms with van der Waals surface area (Å²) < 4.78 is 2.13. The quantitative estimate of drug-likeness (QED) is 0.839. The molecule has 128 valence electrons. The maximum atomic E-state index is 10.5. The zero-order chi connectivity index (χ0) is 16.7. The zero-order valence-corrected chi connectivity index (χ0v) is 14.4. The lowest BCUT2D eigenvalue weighted by Gasteiger charge is -2.60. The molecule has 23 heavy (non-hydrogen) atoms. The third-order valence-corrected chi connectivity index (χ3v) is 6.93. The van der Waals surface area contributed by atoms with E-state index < -0.39 is 6.10 Å². The van der Waals surface area contributed by atoms with Gasteiger partial charge in [0.15, 0.2) is 0 Å². The number of hydrogen-bond acceptors (Lipinski definition) is 3. The molecule has 2 aliphatic rings. The largest absolute Gasteiger partial charge is 0.396 e. The van der Waals surface area contributed by atoms with Crippen LogP contribution in [0.1, 0.15) is 46.0 Å². The van der Waals surface area contributed by atoms with E-state index in [1.165, 1.54) is 5.57 Å². The second kappa shape index (κ2) is 6.06. The minimum absolute atomic E-state index is 0.0646. The second-order valence-electron chi connectivity index (χ2n) is 8.12. The Morgan fingerprint density at radius 3 is 2.83 bits per heavy atom. The minimum atomic E-state index is -0.397. The zero-order valence-electron chi connectivity index (χ0n) is 14.4. The van der Waals surface area contributed by atoms with Crippen molar-refractivity contribution in [1.82, 2.24) is 9.55 Å². The molecule has 2 saturated carbocycles. The van der Waals surface area contributed by atoms with Gasteiger partial charge < -0.3 is 14.8 Å². The number of aliphatic hydroxyl groups excluding tert-OH is 2. The maximum absolute atomic E-state index is 10.5. The predicted molar refractivity (Wildman–Crippen MR) is 90.7 cm³/mol. The molecular weight excluding hydrogens is 288 g/mol. The highest BCUT2D eigenvalue weighted by atomic mass is 16.3. The van der Waals surface area contributed by atoms with Crippen LogP contribution in [0.25, 0.3) is 0 Å². The molecule has 2 aliphatic carbocycles. The summed E-state index contributed by atoms with van der Waals surface area (Å²) in [6.45, 7) is 9.82. The van der Waals surface area contributed by atoms with E-state index in [4.69, 9.17) is 0 Å². The van der Waals surface area contributed by atoms with Crippen molar-refractivity contribution in [3.63, 3.8) is 0 Å². The molecule has 2 N–H and O–H groups in total. The Morgan fingerprint density at radius 1 is 1.39 bits per heavy atom. The molecule has 0 radical (unpaired) electrons. The Balaban J connectivity index is 1.85. The van der Waals surface area contributed by atoms with Gasteiger partial charge >= 0.3 is 0 Å². The van der Waals surface area contributed by atoms with E-state index in [1.807, 2.05) is 18.7 Å². The van der Waals surface area contributed by atoms with Gasteiger partial charge in [-0.1, -0.05) is 26.0 Å². The number of aromatic nitrogens is 2. The molecule has 1 aromatic heterocycles. The fourth-order valence-electron chi connectivity index (χ4n) is 5.43. The van der Waals surface area contributed by atoms with Gasteiger partial charge in [-0.2, -0.15) is 0 Å². The van der Waals surface area contributed by atoms with Crippen LogP contribution in [-0.4, -0.2) is 32.5 Å². The van der Waals surface area contributed by atoms with Crippen molar-refractivity contribution in [3.8, 4) is 0 Å². The third-order valence-electron chi connectivity index (χ3n) is 6.93. The summed E-state index contributed by atoms with van der Waals surface area (Å²) in [4.78, 5) is 4.12. The fourth-order valence-corrected chi connectivity index (χ4v) is 5.43. The highest BCUT2D eigenvalue weighted by Crippen LogP contribution is 2.61. The van der Waals surface area contributed by atoms with Crippen molar-refractivity contribution in [2.24, 2.45) is 22.7 Å². The predicted octanol–water partition coefficient (Wildman–Crippen LogP) is 3.02. The maximum Gasteiger partial charge on any atom is 0.0945 e. The van der Waals surface area contributed by atoms with E-state index in [9.17, 15) is 10.2 Å². The summed E-state index contributed by atoms with van der Waals surface area (Å²) in [6, 6.07) is 0. The van der Waals surface area contributed by atoms with Crippen LogP contribution < -0.4 is 0 Å². The van der Waals surface area contributed by atoms with Gasteiger partial charge in [0.25, 0.3) is 0 Å². The molecule has 3 rings (SSSR count). The molecule has 0 amide bonds. The standard InChI is InChI=1S/C19H30N2O2/c1-14-4-5-16-18(2,8-6-17(23)19(16,3)12-22)15(14)7-10-21-11-9-20-13-21/h9,11,13,15-17,22-23H,1,4-8,10,12H2,2-3H3/t15-,16?,17-,18+,19+/m1/s1. The van der Waals surface area contributed by atoms with Crippen LogP contribution >= 0.6 is 0 Å². The Hall–Kier alpha value is -1.13. The molecule has 0 bridgehead atoms. The molecule has 1 aromatic rings. The summed E-state index contributed by atoms with van der Waals surface area (Å²) >= 11 is 0. The summed E-state index contributed by atoms with van der Waals surface area (Å²) in [7, 11) is 0. The molecule has 4 nitrogen and oxygen atoms in total. The Labute approximate surface area is 139 Å². The van der Waals surface area contributed by atoms with E-state index in [1.54, 1.807) is 0 Å². The normalized spacial score (nSPS) is 40.9. The number of aliphatic hydroxyl groups is 2. The van der Waals surface area contributed by atoms with Crippen LogP contribution in [0.5, 0.6) is 0 Å². The number of imidazole rings is 1. The molecule has 0 aliphatic heterocycles. The van der Waals surface area contributed by atoms with Crippen molar-refractivity contribution in [2.75, 3.05) is 6.61 Å². The number of allylic oxidation sites excluding steroid dienone is 1. The second-order valence-corrected chi connectivity index (χ2v) is 8.12. The van der Waals surface area contributed by atoms with Crippen molar-refractivity contribution in [1.29, 1.82) is 0 Å². The van der Waals surface area contributed by atoms with Gasteiger partial charge in [-0.3, -0.25) is 0 Å². The van der Waals surface area contributed by atoms with Crippen LogP contribution in [0.2, 0.25) is 0 Å². The Morgan fingerprint density at radius 2 is 2.17 bits per heavy atom. The number of aryl methyl sites for hydroxylation is 1. The average Bonchev–Trinajstić information content (AvgIpc) is 3.04. The van der Waals surface area contributed by atoms with Gasteiger partial charge in [-0.25, -0.2) is 4.98 Å². The lowest BCUT2D eigenvalue weighted by molar-refractivity contribution is -0.152. The number of hydrogen-bond donors (Lipinski definition) is 2. The lowest BCUT2D eigenvalue weighted by Crippen LogP contribution is -2.57. The van der Waals surface area contributed by atoms with E-state index in [0.29, 0.717) is 11.8 Å². The molecule has 1 heterocycles. The van der Waals surface area contributed by atoms with E-state index in [-0.39, 0.29) is 17.4 Å². The van der Waals surface area contributed by atoms with Crippen molar-refractivity contribution in [3.05, 3.63) is 30.9 Å². The Kier molecular flexibility index (Phi) is 4.41. The lowest BCUT2D eigenvalue weighted by atomic mass is 9.46. The van der Waals surface area contributed by atoms with Crippen LogP contribution in [0, 0.1) is 22.7 Å². The molecular formula is C19H30N2O2. The van der Waals surface area contributed by atoms with Gasteiger partial charge in [-0.15, -0.1) is 0 Å². The van der Waals surface area contributed by atoms with Crippen molar-refractivity contribution in [2.45, 2.75) is 58.6 Å². The molecule has 4 heteroatoms. The van der Waals surface area contributed by atoms with Crippen LogP contribution in [0.3, 0.4) is 0 Å². The van der Waals surface area contributed by atoms with Gasteiger partial charge in [0.1, 0.15) is 0 Å². The highest BCUT2D eigenvalue weighted by molar-refractivity contribution is 5.17. The van der Waals surface area contributed by atoms with E-state index >= 15 is 0 Å². The van der Waals surface area contributed by atoms with Gasteiger partial charge in [0, 0.05) is 24.4 Å². The topological polar surface area (TPSA) is 58.3 Å². The smallest absolute Gasteiger partial charge is 0.0945 e. The minimum Gasteiger partial charge on any atom is -0.396 e. The van der Waals surface area contributed by atoms with Gasteiger partial charge in [0.05, 0.1) is 19.0 Å². The first kappa shape index (κ1) is 16.7. The summed E-state index contributed by atoms with van der Waals surface area (Å²) in [5.74, 6) is 0.795. The fraction of sp³-hybridized carbons (Fsp3) is 0.737. The monoisotopic (exact) mass is 318 g/mol. The van der Waals surface area contributed by atoms with Crippen molar-refractivity contribution >= 4 is 0 Å². The van der Waals surface area contributed by atoms with E-state index in [0.717, 1.165) is 38.6 Å². The molecule has 0 spiro atoms. The number of fused-ring (bicyclic) bond motifs is 1. The summed E-state index contributed by atoms with van der Waals surface area (Å²) in [5.41, 5.74) is 1.08. The first-order chi connectivity index (χ1) is 10.9. The first-order valence-electron chi connectivity index (χ1n) is 8.84. The highest BCUT2D eigenvalue weighted by Gasteiger charge is 2.57. The van der Waals surface area contributed by atoms with E-state index in [2.05, 4.69) is 30.0 Å². The van der Waals surface area contributed by atoms with Crippen LogP contribution in [-0.2, 0) is 6.54 Å². The van der Waals surface area contributed by atoms with Crippen molar-refractivity contribution < 1.29 is 10.2 Å². The molecule has 5 atom stereocenters. The molecule has 1 unspecified atom stereocenters. The Bertz CT molecular complexity index is 556. The van der Waals surface area contributed by atoms with Crippen LogP contribution in [0.4, 0.5) is 0 Å². The molecule has 0 saturated heterocycles. The summed E-state index contributed by atoms with van der Waals surface area (Å²) in [6.07, 6.45) is 10.2. The van der Waals surface area contributed by atoms with Crippen LogP contribution in [0.15, 0.2) is 30.9 Å². The third kappa shape index (κ3) is 2.66. The molecule has 2 fully saturated rings. The first-order valence-corrected chi connectivity index (χ1v) is 8.84. The summed E-state index contributed by atoms with van der Waals surface area (Å²) in [5, 5.41) is 20.5. The van der Waals surface area contributed by atoms with Gasteiger partial charge in [-0.05, 0) is 49.4 Å². The molecule has 0 aromatic carbocycles. The average molecular weight is 318 g/mol.